The molecule has 0 saturated carbocycles. The first-order valence-electron chi connectivity index (χ1n) is 8.55. The molecule has 1 heteroatoms. The highest BCUT2D eigenvalue weighted by molar-refractivity contribution is 5.14. The molecule has 0 N–H and O–H groups in total. The van der Waals surface area contributed by atoms with Crippen molar-refractivity contribution in [2.45, 2.75) is 77.0 Å². The Balaban J connectivity index is 1.77. The summed E-state index contributed by atoms with van der Waals surface area (Å²) in [6.45, 7) is 0.114. The van der Waals surface area contributed by atoms with Crippen LogP contribution in [0, 0.1) is 0 Å². The molecular formula is C19H31O. The lowest BCUT2D eigenvalue weighted by atomic mass is 10.0. The smallest absolute Gasteiger partial charge is 0.0822 e. The van der Waals surface area contributed by atoms with Crippen molar-refractivity contribution < 1.29 is 5.11 Å². The molecule has 1 nitrogen and oxygen atoms in total. The Morgan fingerprint density at radius 2 is 1.00 bits per heavy atom. The first-order chi connectivity index (χ1) is 9.93. The van der Waals surface area contributed by atoms with Gasteiger partial charge in [-0.1, -0.05) is 88.1 Å². The van der Waals surface area contributed by atoms with Crippen LogP contribution >= 0.6 is 0 Å². The topological polar surface area (TPSA) is 19.9 Å². The Morgan fingerprint density at radius 1 is 0.550 bits per heavy atom. The van der Waals surface area contributed by atoms with Crippen LogP contribution in [0.5, 0.6) is 0 Å². The lowest BCUT2D eigenvalue weighted by Gasteiger charge is -2.03. The van der Waals surface area contributed by atoms with Gasteiger partial charge in [0.1, 0.15) is 0 Å². The van der Waals surface area contributed by atoms with E-state index in [1.807, 2.05) is 0 Å². The van der Waals surface area contributed by atoms with Crippen molar-refractivity contribution in [1.29, 1.82) is 0 Å². The van der Waals surface area contributed by atoms with Gasteiger partial charge in [0.05, 0.1) is 6.61 Å². The summed E-state index contributed by atoms with van der Waals surface area (Å²) in [4.78, 5) is 0. The molecule has 0 saturated heterocycles. The highest BCUT2D eigenvalue weighted by atomic mass is 16.2. The van der Waals surface area contributed by atoms with Crippen LogP contribution in [-0.4, -0.2) is 6.61 Å². The van der Waals surface area contributed by atoms with E-state index in [1.54, 1.807) is 0 Å². The van der Waals surface area contributed by atoms with Crippen LogP contribution in [0.25, 0.3) is 0 Å². The van der Waals surface area contributed by atoms with Crippen LogP contribution in [0.4, 0.5) is 0 Å². The summed E-state index contributed by atoms with van der Waals surface area (Å²) in [6.07, 6.45) is 15.5. The van der Waals surface area contributed by atoms with Crippen LogP contribution in [0.1, 0.15) is 76.2 Å². The average Bonchev–Trinajstić information content (AvgIpc) is 2.49. The minimum absolute atomic E-state index is 0.114. The zero-order valence-corrected chi connectivity index (χ0v) is 13.0. The third-order valence-corrected chi connectivity index (χ3v) is 3.95. The van der Waals surface area contributed by atoms with Crippen molar-refractivity contribution in [1.82, 2.24) is 0 Å². The van der Waals surface area contributed by atoms with Crippen LogP contribution in [0.2, 0.25) is 0 Å². The average molecular weight is 275 g/mol. The Hall–Kier alpha value is -0.820. The van der Waals surface area contributed by atoms with E-state index in [-0.39, 0.29) is 6.61 Å². The number of aryl methyl sites for hydroxylation is 1. The molecule has 0 unspecified atom stereocenters. The van der Waals surface area contributed by atoms with E-state index in [9.17, 15) is 5.11 Å². The molecule has 0 aliphatic heterocycles. The monoisotopic (exact) mass is 275 g/mol. The second kappa shape index (κ2) is 13.2. The molecule has 0 atom stereocenters. The van der Waals surface area contributed by atoms with E-state index in [2.05, 4.69) is 30.3 Å². The molecule has 0 bridgehead atoms. The summed E-state index contributed by atoms with van der Waals surface area (Å²) in [7, 11) is 0. The standard InChI is InChI=1S/C19H31O/c20-18-14-9-7-5-3-1-2-4-6-8-11-15-19-16-12-10-13-17-19/h10,12-13,16-17H,1-9,11,14-15,18H2. The van der Waals surface area contributed by atoms with Crippen LogP contribution in [0.3, 0.4) is 0 Å². The molecule has 0 aliphatic carbocycles. The van der Waals surface area contributed by atoms with Gasteiger partial charge in [0.2, 0.25) is 0 Å². The summed E-state index contributed by atoms with van der Waals surface area (Å²) < 4.78 is 0. The molecule has 0 fully saturated rings. The zero-order valence-electron chi connectivity index (χ0n) is 13.0. The van der Waals surface area contributed by atoms with Crippen molar-refractivity contribution in [3.63, 3.8) is 0 Å². The summed E-state index contributed by atoms with van der Waals surface area (Å²) in [5.74, 6) is 0. The number of benzene rings is 1. The number of unbranched alkanes of at least 4 members (excludes halogenated alkanes) is 10. The normalized spacial score (nSPS) is 10.8. The first-order valence-corrected chi connectivity index (χ1v) is 8.55. The number of hydrogen-bond donors (Lipinski definition) is 0. The van der Waals surface area contributed by atoms with E-state index in [1.165, 1.54) is 69.8 Å². The molecular weight excluding hydrogens is 244 g/mol. The van der Waals surface area contributed by atoms with Gasteiger partial charge in [-0.2, -0.15) is 0 Å². The second-order valence-electron chi connectivity index (χ2n) is 5.83. The molecule has 0 aromatic heterocycles. The molecule has 1 radical (unpaired) electrons. The van der Waals surface area contributed by atoms with Crippen LogP contribution in [0.15, 0.2) is 30.3 Å². The van der Waals surface area contributed by atoms with E-state index >= 15 is 0 Å². The van der Waals surface area contributed by atoms with Gasteiger partial charge in [-0.15, -0.1) is 0 Å². The predicted molar refractivity (Wildman–Crippen MR) is 86.5 cm³/mol. The Labute approximate surface area is 125 Å². The molecule has 1 aromatic carbocycles. The minimum Gasteiger partial charge on any atom is -0.237 e. The van der Waals surface area contributed by atoms with Gasteiger partial charge in [-0.3, -0.25) is 0 Å². The van der Waals surface area contributed by atoms with Gasteiger partial charge < -0.3 is 0 Å². The number of rotatable bonds is 13. The van der Waals surface area contributed by atoms with Gasteiger partial charge in [-0.05, 0) is 24.8 Å². The van der Waals surface area contributed by atoms with Gasteiger partial charge in [-0.25, -0.2) is 5.11 Å². The van der Waals surface area contributed by atoms with Gasteiger partial charge in [0, 0.05) is 0 Å². The van der Waals surface area contributed by atoms with Gasteiger partial charge in [0.15, 0.2) is 0 Å². The molecule has 20 heavy (non-hydrogen) atoms. The van der Waals surface area contributed by atoms with Crippen molar-refractivity contribution in [2.75, 3.05) is 6.61 Å². The quantitative estimate of drug-likeness (QED) is 0.396. The Kier molecular flexibility index (Phi) is 11.4. The van der Waals surface area contributed by atoms with E-state index < -0.39 is 0 Å². The third-order valence-electron chi connectivity index (χ3n) is 3.95. The molecule has 1 aromatic rings. The summed E-state index contributed by atoms with van der Waals surface area (Å²) >= 11 is 0. The van der Waals surface area contributed by atoms with Crippen LogP contribution in [-0.2, 0) is 11.5 Å². The molecule has 113 valence electrons. The van der Waals surface area contributed by atoms with E-state index in [4.69, 9.17) is 0 Å². The second-order valence-corrected chi connectivity index (χ2v) is 5.83. The van der Waals surface area contributed by atoms with E-state index in [0.29, 0.717) is 0 Å². The molecule has 1 rings (SSSR count). The summed E-state index contributed by atoms with van der Waals surface area (Å²) in [6, 6.07) is 10.8. The Morgan fingerprint density at radius 3 is 1.50 bits per heavy atom. The van der Waals surface area contributed by atoms with Gasteiger partial charge in [0.25, 0.3) is 0 Å². The lowest BCUT2D eigenvalue weighted by molar-refractivity contribution is 0.186. The molecule has 0 spiro atoms. The summed E-state index contributed by atoms with van der Waals surface area (Å²) in [5, 5.41) is 10.3. The highest BCUT2D eigenvalue weighted by Crippen LogP contribution is 2.12. The zero-order chi connectivity index (χ0) is 14.3. The highest BCUT2D eigenvalue weighted by Gasteiger charge is 1.94. The Bertz CT molecular complexity index is 294. The fourth-order valence-electron chi connectivity index (χ4n) is 2.67. The maximum absolute atomic E-state index is 10.3. The van der Waals surface area contributed by atoms with E-state index in [0.717, 1.165) is 12.8 Å². The van der Waals surface area contributed by atoms with Crippen molar-refractivity contribution in [3.8, 4) is 0 Å². The maximum atomic E-state index is 10.3. The maximum Gasteiger partial charge on any atom is 0.0822 e. The first kappa shape index (κ1) is 17.2. The van der Waals surface area contributed by atoms with Crippen molar-refractivity contribution in [3.05, 3.63) is 35.9 Å². The third kappa shape index (κ3) is 10.0. The SMILES string of the molecule is [O]CCCCCCCCCCCCCc1ccccc1. The number of hydrogen-bond acceptors (Lipinski definition) is 0. The largest absolute Gasteiger partial charge is 0.237 e. The van der Waals surface area contributed by atoms with Gasteiger partial charge >= 0.3 is 0 Å². The predicted octanol–water partition coefficient (Wildman–Crippen LogP) is 5.95. The lowest BCUT2D eigenvalue weighted by Crippen LogP contribution is -1.86. The fraction of sp³-hybridized carbons (Fsp3) is 0.684. The molecule has 0 heterocycles. The summed E-state index contributed by atoms with van der Waals surface area (Å²) in [5.41, 5.74) is 1.48. The molecule has 0 amide bonds. The minimum atomic E-state index is 0.114. The van der Waals surface area contributed by atoms with Crippen molar-refractivity contribution >= 4 is 0 Å². The fourth-order valence-corrected chi connectivity index (χ4v) is 2.67. The van der Waals surface area contributed by atoms with Crippen molar-refractivity contribution in [2.24, 2.45) is 0 Å². The van der Waals surface area contributed by atoms with Crippen LogP contribution < -0.4 is 0 Å². The molecule has 0 aliphatic rings.